The van der Waals surface area contributed by atoms with Crippen LogP contribution in [0.1, 0.15) is 6.92 Å². The molecule has 0 spiro atoms. The number of nitrogens with one attached hydrogen (secondary N) is 1. The van der Waals surface area contributed by atoms with Crippen molar-refractivity contribution < 1.29 is 9.53 Å². The second-order valence-electron chi connectivity index (χ2n) is 1.66. The lowest BCUT2D eigenvalue weighted by molar-refractivity contribution is 0.233. The van der Waals surface area contributed by atoms with Gasteiger partial charge in [-0.05, 0) is 6.92 Å². The molecule has 0 aliphatic carbocycles. The highest BCUT2D eigenvalue weighted by Gasteiger charge is 1.92. The molecule has 0 saturated heterocycles. The van der Waals surface area contributed by atoms with Gasteiger partial charge >= 0.3 is 6.03 Å². The molecule has 0 aromatic heterocycles. The molecule has 62 valence electrons. The van der Waals surface area contributed by atoms with Gasteiger partial charge in [0.05, 0.1) is 12.8 Å². The van der Waals surface area contributed by atoms with E-state index in [1.807, 2.05) is 0 Å². The molecule has 0 atom stereocenters. The maximum atomic E-state index is 10.6. The smallest absolute Gasteiger partial charge is 0.340 e. The summed E-state index contributed by atoms with van der Waals surface area (Å²) in [6.07, 6.45) is 2.76. The maximum Gasteiger partial charge on any atom is 0.340 e. The first kappa shape index (κ1) is 9.68. The molecule has 0 aliphatic heterocycles. The van der Waals surface area contributed by atoms with Gasteiger partial charge in [-0.1, -0.05) is 6.58 Å². The van der Waals surface area contributed by atoms with Crippen molar-refractivity contribution in [3.05, 3.63) is 12.8 Å². The standard InChI is InChI=1S/C7H12N2O2/c1-3-8-7(10)9-5-6-11-4-2/h3-4H,2,5-6H2,1H3,(H,9,10). The second kappa shape index (κ2) is 6.80. The minimum absolute atomic E-state index is 0.347. The molecule has 0 aromatic rings. The first-order valence-corrected chi connectivity index (χ1v) is 3.30. The Morgan fingerprint density at radius 1 is 1.82 bits per heavy atom. The second-order valence-corrected chi connectivity index (χ2v) is 1.66. The SMILES string of the molecule is C=COCCNC(=O)N=CC. The van der Waals surface area contributed by atoms with Crippen molar-refractivity contribution >= 4 is 12.2 Å². The number of amides is 2. The number of nitrogens with zero attached hydrogens (tertiary/aromatic N) is 1. The summed E-state index contributed by atoms with van der Waals surface area (Å²) in [5.41, 5.74) is 0. The van der Waals surface area contributed by atoms with Crippen LogP contribution in [0.5, 0.6) is 0 Å². The molecule has 0 unspecified atom stereocenters. The van der Waals surface area contributed by atoms with Gasteiger partial charge in [0.25, 0.3) is 0 Å². The van der Waals surface area contributed by atoms with Crippen LogP contribution in [0.15, 0.2) is 17.8 Å². The van der Waals surface area contributed by atoms with Crippen LogP contribution in [-0.2, 0) is 4.74 Å². The van der Waals surface area contributed by atoms with Crippen molar-refractivity contribution in [1.82, 2.24) is 5.32 Å². The van der Waals surface area contributed by atoms with Gasteiger partial charge in [-0.15, -0.1) is 0 Å². The van der Waals surface area contributed by atoms with E-state index in [1.54, 1.807) is 6.92 Å². The third kappa shape index (κ3) is 6.57. The Hall–Kier alpha value is -1.32. The average molecular weight is 156 g/mol. The van der Waals surface area contributed by atoms with Crippen LogP contribution in [0.25, 0.3) is 0 Å². The number of ether oxygens (including phenoxy) is 1. The fraction of sp³-hybridized carbons (Fsp3) is 0.429. The molecule has 2 amide bonds. The fourth-order valence-corrected chi connectivity index (χ4v) is 0.463. The largest absolute Gasteiger partial charge is 0.500 e. The molecule has 4 heteroatoms. The van der Waals surface area contributed by atoms with Crippen molar-refractivity contribution in [3.8, 4) is 0 Å². The molecule has 0 radical (unpaired) electrons. The summed E-state index contributed by atoms with van der Waals surface area (Å²) in [5, 5.41) is 2.51. The van der Waals surface area contributed by atoms with E-state index in [0.29, 0.717) is 13.2 Å². The van der Waals surface area contributed by atoms with Crippen LogP contribution in [-0.4, -0.2) is 25.4 Å². The highest BCUT2D eigenvalue weighted by atomic mass is 16.5. The lowest BCUT2D eigenvalue weighted by atomic mass is 10.7. The molecular weight excluding hydrogens is 144 g/mol. The third-order valence-corrected chi connectivity index (χ3v) is 0.860. The van der Waals surface area contributed by atoms with E-state index in [-0.39, 0.29) is 6.03 Å². The van der Waals surface area contributed by atoms with Crippen LogP contribution in [0, 0.1) is 0 Å². The van der Waals surface area contributed by atoms with Gasteiger partial charge < -0.3 is 10.1 Å². The zero-order valence-corrected chi connectivity index (χ0v) is 6.54. The fourth-order valence-electron chi connectivity index (χ4n) is 0.463. The molecule has 0 aliphatic rings. The van der Waals surface area contributed by atoms with Gasteiger partial charge in [0.15, 0.2) is 0 Å². The summed E-state index contributed by atoms with van der Waals surface area (Å²) < 4.78 is 4.76. The summed E-state index contributed by atoms with van der Waals surface area (Å²) >= 11 is 0. The summed E-state index contributed by atoms with van der Waals surface area (Å²) in [6, 6.07) is -0.347. The third-order valence-electron chi connectivity index (χ3n) is 0.860. The van der Waals surface area contributed by atoms with E-state index in [1.165, 1.54) is 12.5 Å². The lowest BCUT2D eigenvalue weighted by Crippen LogP contribution is -2.23. The Morgan fingerprint density at radius 3 is 3.09 bits per heavy atom. The molecule has 0 bridgehead atoms. The summed E-state index contributed by atoms with van der Waals surface area (Å²) in [5.74, 6) is 0. The predicted molar refractivity (Wildman–Crippen MR) is 43.7 cm³/mol. The summed E-state index contributed by atoms with van der Waals surface area (Å²) in [4.78, 5) is 14.1. The number of hydrogen-bond donors (Lipinski definition) is 1. The van der Waals surface area contributed by atoms with Gasteiger partial charge in [-0.3, -0.25) is 0 Å². The highest BCUT2D eigenvalue weighted by Crippen LogP contribution is 1.74. The van der Waals surface area contributed by atoms with Crippen LogP contribution in [0.4, 0.5) is 4.79 Å². The van der Waals surface area contributed by atoms with E-state index in [4.69, 9.17) is 4.74 Å². The number of urea groups is 1. The molecule has 4 nitrogen and oxygen atoms in total. The van der Waals surface area contributed by atoms with E-state index < -0.39 is 0 Å². The Kier molecular flexibility index (Phi) is 5.98. The zero-order chi connectivity index (χ0) is 8.53. The van der Waals surface area contributed by atoms with Crippen LogP contribution in [0.2, 0.25) is 0 Å². The monoisotopic (exact) mass is 156 g/mol. The minimum atomic E-state index is -0.347. The average Bonchev–Trinajstić information content (AvgIpc) is 1.99. The molecule has 0 fully saturated rings. The highest BCUT2D eigenvalue weighted by molar-refractivity contribution is 5.82. The number of hydrogen-bond acceptors (Lipinski definition) is 2. The van der Waals surface area contributed by atoms with E-state index in [0.717, 1.165) is 0 Å². The first-order valence-electron chi connectivity index (χ1n) is 3.30. The van der Waals surface area contributed by atoms with Crippen LogP contribution in [0.3, 0.4) is 0 Å². The Labute approximate surface area is 66.0 Å². The number of aliphatic imine (C=N–C) groups is 1. The number of carbonyl (C=O) groups is 1. The lowest BCUT2D eigenvalue weighted by Gasteiger charge is -1.99. The Balaban J connectivity index is 3.24. The maximum absolute atomic E-state index is 10.6. The quantitative estimate of drug-likeness (QED) is 0.374. The molecular formula is C7H12N2O2. The zero-order valence-electron chi connectivity index (χ0n) is 6.54. The van der Waals surface area contributed by atoms with Crippen molar-refractivity contribution in [2.45, 2.75) is 6.92 Å². The summed E-state index contributed by atoms with van der Waals surface area (Å²) in [6.45, 7) is 5.90. The Bertz CT molecular complexity index is 155. The molecule has 1 N–H and O–H groups in total. The normalized spacial score (nSPS) is 9.55. The molecule has 0 saturated carbocycles. The van der Waals surface area contributed by atoms with Gasteiger partial charge in [0.1, 0.15) is 6.61 Å². The van der Waals surface area contributed by atoms with E-state index >= 15 is 0 Å². The molecule has 0 heterocycles. The minimum Gasteiger partial charge on any atom is -0.500 e. The van der Waals surface area contributed by atoms with Crippen molar-refractivity contribution in [2.75, 3.05) is 13.2 Å². The van der Waals surface area contributed by atoms with Crippen molar-refractivity contribution in [3.63, 3.8) is 0 Å². The van der Waals surface area contributed by atoms with Crippen molar-refractivity contribution in [1.29, 1.82) is 0 Å². The van der Waals surface area contributed by atoms with Crippen LogP contribution < -0.4 is 5.32 Å². The molecule has 11 heavy (non-hydrogen) atoms. The Morgan fingerprint density at radius 2 is 2.55 bits per heavy atom. The topological polar surface area (TPSA) is 50.7 Å². The number of carbonyl (C=O) groups excluding carboxylic acids is 1. The summed E-state index contributed by atoms with van der Waals surface area (Å²) in [7, 11) is 0. The van der Waals surface area contributed by atoms with Crippen LogP contribution >= 0.6 is 0 Å². The van der Waals surface area contributed by atoms with Gasteiger partial charge in [-0.25, -0.2) is 9.79 Å². The van der Waals surface area contributed by atoms with Crippen molar-refractivity contribution in [2.24, 2.45) is 4.99 Å². The van der Waals surface area contributed by atoms with Gasteiger partial charge in [0, 0.05) is 6.21 Å². The van der Waals surface area contributed by atoms with Gasteiger partial charge in [-0.2, -0.15) is 0 Å². The number of rotatable bonds is 4. The predicted octanol–water partition coefficient (Wildman–Crippen LogP) is 0.947. The first-order chi connectivity index (χ1) is 5.31. The molecule has 0 rings (SSSR count). The van der Waals surface area contributed by atoms with E-state index in [2.05, 4.69) is 16.9 Å². The van der Waals surface area contributed by atoms with E-state index in [9.17, 15) is 4.79 Å². The van der Waals surface area contributed by atoms with Gasteiger partial charge in [0.2, 0.25) is 0 Å². The molecule has 0 aromatic carbocycles.